The fourth-order valence-corrected chi connectivity index (χ4v) is 3.25. The van der Waals surface area contributed by atoms with Gasteiger partial charge >= 0.3 is 6.61 Å². The Morgan fingerprint density at radius 1 is 1.24 bits per heavy atom. The highest BCUT2D eigenvalue weighted by atomic mass is 19.3. The first-order valence-electron chi connectivity index (χ1n) is 9.15. The van der Waals surface area contributed by atoms with Gasteiger partial charge in [0, 0.05) is 31.4 Å². The number of ether oxygens (including phenoxy) is 1. The van der Waals surface area contributed by atoms with Crippen molar-refractivity contribution in [2.45, 2.75) is 27.0 Å². The third-order valence-electron chi connectivity index (χ3n) is 4.53. The maximum absolute atomic E-state index is 12.7. The molecule has 152 valence electrons. The summed E-state index contributed by atoms with van der Waals surface area (Å²) in [6.07, 6.45) is 1.78. The Morgan fingerprint density at radius 3 is 2.62 bits per heavy atom. The normalized spacial score (nSPS) is 11.9. The van der Waals surface area contributed by atoms with Crippen LogP contribution in [0.25, 0.3) is 16.6 Å². The topological polar surface area (TPSA) is 47.4 Å². The Hall–Kier alpha value is -3.22. The van der Waals surface area contributed by atoms with E-state index in [0.29, 0.717) is 17.7 Å². The number of ketones is 1. The summed E-state index contributed by atoms with van der Waals surface area (Å²) >= 11 is 0. The highest BCUT2D eigenvalue weighted by Crippen LogP contribution is 2.27. The predicted molar refractivity (Wildman–Crippen MR) is 109 cm³/mol. The number of carbonyl (C=O) groups is 1. The number of carbonyl (C=O) groups excluding carboxylic acids is 1. The molecular weight excluding hydrogens is 376 g/mol. The summed E-state index contributed by atoms with van der Waals surface area (Å²) in [5, 5.41) is 0. The van der Waals surface area contributed by atoms with Crippen molar-refractivity contribution in [3.05, 3.63) is 65.6 Å². The molecule has 3 rings (SSSR count). The van der Waals surface area contributed by atoms with E-state index in [2.05, 4.69) is 9.72 Å². The SMILES string of the molecule is CC(=O)C(=CN(C)C)c1ccc2nc(C)n(Cc3ccccc3OC(F)F)c2c1. The third-order valence-corrected chi connectivity index (χ3v) is 4.53. The minimum Gasteiger partial charge on any atom is -0.434 e. The lowest BCUT2D eigenvalue weighted by Crippen LogP contribution is -2.08. The molecule has 0 bridgehead atoms. The van der Waals surface area contributed by atoms with Gasteiger partial charge in [0.05, 0.1) is 17.6 Å². The van der Waals surface area contributed by atoms with E-state index in [4.69, 9.17) is 0 Å². The third kappa shape index (κ3) is 4.62. The predicted octanol–water partition coefficient (Wildman–Crippen LogP) is 4.49. The number of imidazole rings is 1. The molecule has 2 aromatic carbocycles. The van der Waals surface area contributed by atoms with Crippen LogP contribution < -0.4 is 4.74 Å². The standard InChI is InChI=1S/C22H23F2N3O2/c1-14(28)18(13-26(3)4)16-9-10-19-20(11-16)27(15(2)25-19)12-17-7-5-6-8-21(17)29-22(23)24/h5-11,13,22H,12H2,1-4H3. The average molecular weight is 399 g/mol. The Labute approximate surface area is 168 Å². The van der Waals surface area contributed by atoms with E-state index in [1.54, 1.807) is 24.4 Å². The molecule has 0 saturated heterocycles. The zero-order chi connectivity index (χ0) is 21.1. The molecule has 0 saturated carbocycles. The summed E-state index contributed by atoms with van der Waals surface area (Å²) in [6.45, 7) is 0.817. The molecule has 0 amide bonds. The average Bonchev–Trinajstić information content (AvgIpc) is 2.95. The number of Topliss-reactive ketones (excluding diaryl/α,β-unsaturated/α-hetero) is 1. The van der Waals surface area contributed by atoms with Gasteiger partial charge in [-0.05, 0) is 37.6 Å². The van der Waals surface area contributed by atoms with Crippen molar-refractivity contribution in [2.75, 3.05) is 14.1 Å². The van der Waals surface area contributed by atoms with Crippen LogP contribution in [0.4, 0.5) is 8.78 Å². The summed E-state index contributed by atoms with van der Waals surface area (Å²) in [5.74, 6) is 0.832. The van der Waals surface area contributed by atoms with Crippen molar-refractivity contribution < 1.29 is 18.3 Å². The number of hydrogen-bond donors (Lipinski definition) is 0. The van der Waals surface area contributed by atoms with Gasteiger partial charge in [0.2, 0.25) is 0 Å². The quantitative estimate of drug-likeness (QED) is 0.550. The van der Waals surface area contributed by atoms with E-state index in [-0.39, 0.29) is 11.5 Å². The first kappa shape index (κ1) is 20.5. The van der Waals surface area contributed by atoms with E-state index in [1.165, 1.54) is 13.0 Å². The van der Waals surface area contributed by atoms with Gasteiger partial charge in [-0.15, -0.1) is 0 Å². The summed E-state index contributed by atoms with van der Waals surface area (Å²) in [4.78, 5) is 18.5. The highest BCUT2D eigenvalue weighted by molar-refractivity contribution is 6.19. The van der Waals surface area contributed by atoms with Crippen LogP contribution >= 0.6 is 0 Å². The molecule has 0 aliphatic rings. The van der Waals surface area contributed by atoms with Crippen molar-refractivity contribution in [3.8, 4) is 5.75 Å². The number of benzene rings is 2. The molecule has 1 aromatic heterocycles. The van der Waals surface area contributed by atoms with Gasteiger partial charge in [-0.2, -0.15) is 8.78 Å². The number of alkyl halides is 2. The molecular formula is C22H23F2N3O2. The van der Waals surface area contributed by atoms with Crippen LogP contribution in [-0.2, 0) is 11.3 Å². The van der Waals surface area contributed by atoms with Crippen LogP contribution in [0.15, 0.2) is 48.7 Å². The van der Waals surface area contributed by atoms with Gasteiger partial charge in [-0.25, -0.2) is 4.98 Å². The summed E-state index contributed by atoms with van der Waals surface area (Å²) in [7, 11) is 3.71. The van der Waals surface area contributed by atoms with E-state index in [1.807, 2.05) is 48.7 Å². The zero-order valence-corrected chi connectivity index (χ0v) is 16.8. The number of halogens is 2. The molecule has 5 nitrogen and oxygen atoms in total. The molecule has 0 aliphatic heterocycles. The van der Waals surface area contributed by atoms with Gasteiger partial charge in [0.1, 0.15) is 11.6 Å². The van der Waals surface area contributed by atoms with Gasteiger partial charge in [-0.1, -0.05) is 24.3 Å². The monoisotopic (exact) mass is 399 g/mol. The first-order valence-corrected chi connectivity index (χ1v) is 9.15. The number of fused-ring (bicyclic) bond motifs is 1. The lowest BCUT2D eigenvalue weighted by Gasteiger charge is -2.14. The molecule has 0 aliphatic carbocycles. The van der Waals surface area contributed by atoms with Crippen LogP contribution in [0.2, 0.25) is 0 Å². The number of rotatable bonds is 7. The Kier molecular flexibility index (Phi) is 5.96. The summed E-state index contributed by atoms with van der Waals surface area (Å²) in [5.41, 5.74) is 3.57. The lowest BCUT2D eigenvalue weighted by atomic mass is 10.0. The molecule has 0 fully saturated rings. The molecule has 0 unspecified atom stereocenters. The molecule has 29 heavy (non-hydrogen) atoms. The second-order valence-electron chi connectivity index (χ2n) is 7.00. The zero-order valence-electron chi connectivity index (χ0n) is 16.8. The molecule has 0 N–H and O–H groups in total. The molecule has 0 radical (unpaired) electrons. The van der Waals surface area contributed by atoms with Crippen molar-refractivity contribution in [1.82, 2.24) is 14.5 Å². The molecule has 0 atom stereocenters. The van der Waals surface area contributed by atoms with Crippen molar-refractivity contribution in [1.29, 1.82) is 0 Å². The smallest absolute Gasteiger partial charge is 0.387 e. The van der Waals surface area contributed by atoms with E-state index in [9.17, 15) is 13.6 Å². The Morgan fingerprint density at radius 2 is 1.97 bits per heavy atom. The van der Waals surface area contributed by atoms with Gasteiger partial charge in [0.25, 0.3) is 0 Å². The lowest BCUT2D eigenvalue weighted by molar-refractivity contribution is -0.111. The van der Waals surface area contributed by atoms with Gasteiger partial charge < -0.3 is 14.2 Å². The number of aromatic nitrogens is 2. The molecule has 0 spiro atoms. The van der Waals surface area contributed by atoms with Crippen molar-refractivity contribution >= 4 is 22.4 Å². The minimum atomic E-state index is -2.89. The highest BCUT2D eigenvalue weighted by Gasteiger charge is 2.15. The van der Waals surface area contributed by atoms with Crippen LogP contribution in [0.1, 0.15) is 23.9 Å². The number of para-hydroxylation sites is 1. The minimum absolute atomic E-state index is 0.0449. The first-order chi connectivity index (χ1) is 13.8. The summed E-state index contributed by atoms with van der Waals surface area (Å²) in [6, 6.07) is 12.3. The van der Waals surface area contributed by atoms with Gasteiger partial charge in [-0.3, -0.25) is 4.79 Å². The number of aryl methyl sites for hydroxylation is 1. The fraction of sp³-hybridized carbons (Fsp3) is 0.273. The Bertz CT molecular complexity index is 1070. The summed E-state index contributed by atoms with van der Waals surface area (Å²) < 4.78 is 32.1. The number of hydrogen-bond acceptors (Lipinski definition) is 4. The van der Waals surface area contributed by atoms with Crippen molar-refractivity contribution in [2.24, 2.45) is 0 Å². The van der Waals surface area contributed by atoms with E-state index >= 15 is 0 Å². The molecule has 3 aromatic rings. The van der Waals surface area contributed by atoms with E-state index < -0.39 is 6.61 Å². The number of nitrogens with zero attached hydrogens (tertiary/aromatic N) is 3. The fourth-order valence-electron chi connectivity index (χ4n) is 3.25. The second-order valence-corrected chi connectivity index (χ2v) is 7.00. The maximum Gasteiger partial charge on any atom is 0.387 e. The Balaban J connectivity index is 2.08. The molecule has 7 heteroatoms. The van der Waals surface area contributed by atoms with Crippen LogP contribution in [-0.4, -0.2) is 40.9 Å². The van der Waals surface area contributed by atoms with Crippen LogP contribution in [0.3, 0.4) is 0 Å². The second kappa shape index (κ2) is 8.43. The van der Waals surface area contributed by atoms with Crippen LogP contribution in [0, 0.1) is 6.92 Å². The largest absolute Gasteiger partial charge is 0.434 e. The maximum atomic E-state index is 12.7. The number of allylic oxidation sites excluding steroid dienone is 1. The molecule has 1 heterocycles. The van der Waals surface area contributed by atoms with E-state index in [0.717, 1.165) is 22.4 Å². The van der Waals surface area contributed by atoms with Gasteiger partial charge in [0.15, 0.2) is 5.78 Å². The van der Waals surface area contributed by atoms with Crippen molar-refractivity contribution in [3.63, 3.8) is 0 Å². The van der Waals surface area contributed by atoms with Crippen LogP contribution in [0.5, 0.6) is 5.75 Å².